The molecule has 0 aromatic carbocycles. The van der Waals surface area contributed by atoms with Gasteiger partial charge in [-0.15, -0.1) is 11.8 Å². The van der Waals surface area contributed by atoms with Crippen molar-refractivity contribution in [2.45, 2.75) is 19.9 Å². The van der Waals surface area contributed by atoms with Crippen LogP contribution in [0.2, 0.25) is 0 Å². The van der Waals surface area contributed by atoms with E-state index in [0.29, 0.717) is 5.88 Å². The smallest absolute Gasteiger partial charge is 0.244 e. The highest BCUT2D eigenvalue weighted by molar-refractivity contribution is 7.99. The second-order valence-electron chi connectivity index (χ2n) is 3.48. The molecule has 15 heavy (non-hydrogen) atoms. The molecule has 2 rings (SSSR count). The van der Waals surface area contributed by atoms with E-state index in [0.717, 1.165) is 22.9 Å². The van der Waals surface area contributed by atoms with Crippen molar-refractivity contribution >= 4 is 23.6 Å². The van der Waals surface area contributed by atoms with E-state index in [1.54, 1.807) is 11.8 Å². The first kappa shape index (κ1) is 10.5. The van der Waals surface area contributed by atoms with Crippen LogP contribution < -0.4 is 10.6 Å². The molecule has 2 N–H and O–H groups in total. The molecule has 0 aliphatic carbocycles. The highest BCUT2D eigenvalue weighted by atomic mass is 32.2. The number of hydrogen-bond donors (Lipinski definition) is 2. The quantitative estimate of drug-likeness (QED) is 0.785. The third-order valence-electron chi connectivity index (χ3n) is 2.43. The second-order valence-corrected chi connectivity index (χ2v) is 4.51. The van der Waals surface area contributed by atoms with Crippen LogP contribution in [-0.4, -0.2) is 28.7 Å². The minimum Gasteiger partial charge on any atom is -0.338 e. The van der Waals surface area contributed by atoms with Crippen LogP contribution in [0.1, 0.15) is 11.3 Å². The second kappa shape index (κ2) is 4.24. The number of hydrogen-bond acceptors (Lipinski definition) is 5. The van der Waals surface area contributed by atoms with Gasteiger partial charge in [-0.05, 0) is 13.8 Å². The molecule has 5 nitrogen and oxygen atoms in total. The van der Waals surface area contributed by atoms with Crippen LogP contribution in [-0.2, 0) is 4.79 Å². The minimum atomic E-state index is -0.125. The van der Waals surface area contributed by atoms with E-state index in [9.17, 15) is 4.79 Å². The highest BCUT2D eigenvalue weighted by Gasteiger charge is 2.24. The molecular weight excluding hydrogens is 214 g/mol. The lowest BCUT2D eigenvalue weighted by molar-refractivity contribution is -0.117. The Labute approximate surface area is 92.0 Å². The van der Waals surface area contributed by atoms with Gasteiger partial charge in [0, 0.05) is 17.2 Å². The zero-order valence-electron chi connectivity index (χ0n) is 8.66. The number of amides is 1. The maximum absolute atomic E-state index is 11.7. The van der Waals surface area contributed by atoms with Gasteiger partial charge in [0.05, 0.1) is 11.7 Å². The van der Waals surface area contributed by atoms with Gasteiger partial charge in [0.25, 0.3) is 0 Å². The van der Waals surface area contributed by atoms with Gasteiger partial charge in [0.1, 0.15) is 0 Å². The van der Waals surface area contributed by atoms with Crippen molar-refractivity contribution in [3.05, 3.63) is 11.3 Å². The third-order valence-corrected chi connectivity index (χ3v) is 3.37. The van der Waals surface area contributed by atoms with Gasteiger partial charge >= 0.3 is 0 Å². The molecule has 1 aliphatic rings. The summed E-state index contributed by atoms with van der Waals surface area (Å²) in [6.07, 6.45) is 0. The Morgan fingerprint density at radius 2 is 2.47 bits per heavy atom. The number of aromatic nitrogens is 1. The summed E-state index contributed by atoms with van der Waals surface area (Å²) >= 11 is 1.71. The molecule has 82 valence electrons. The molecule has 1 amide bonds. The van der Waals surface area contributed by atoms with E-state index in [2.05, 4.69) is 15.8 Å². The lowest BCUT2D eigenvalue weighted by Crippen LogP contribution is -2.37. The molecule has 2 heterocycles. The van der Waals surface area contributed by atoms with Crippen LogP contribution in [0.3, 0.4) is 0 Å². The van der Waals surface area contributed by atoms with Gasteiger partial charge in [-0.3, -0.25) is 15.4 Å². The maximum atomic E-state index is 11.7. The molecular formula is C9H13N3O2S. The van der Waals surface area contributed by atoms with Crippen molar-refractivity contribution in [1.82, 2.24) is 10.5 Å². The van der Waals surface area contributed by atoms with Gasteiger partial charge in [-0.1, -0.05) is 5.16 Å². The van der Waals surface area contributed by atoms with Gasteiger partial charge in [0.2, 0.25) is 11.8 Å². The standard InChI is InChI=1S/C9H13N3O2S/c1-5-6(2)12-14-9(5)11-8(13)7-3-15-4-10-7/h7,10H,3-4H2,1-2H3,(H,11,13). The summed E-state index contributed by atoms with van der Waals surface area (Å²) in [4.78, 5) is 11.7. The fourth-order valence-corrected chi connectivity index (χ4v) is 2.24. The van der Waals surface area contributed by atoms with Crippen molar-refractivity contribution in [3.63, 3.8) is 0 Å². The molecule has 1 aromatic heterocycles. The van der Waals surface area contributed by atoms with Gasteiger partial charge in [-0.2, -0.15) is 0 Å². The van der Waals surface area contributed by atoms with E-state index in [-0.39, 0.29) is 11.9 Å². The van der Waals surface area contributed by atoms with Crippen LogP contribution in [0.15, 0.2) is 4.52 Å². The number of anilines is 1. The third kappa shape index (κ3) is 2.15. The summed E-state index contributed by atoms with van der Waals surface area (Å²) in [6, 6.07) is -0.125. The van der Waals surface area contributed by atoms with Crippen molar-refractivity contribution in [1.29, 1.82) is 0 Å². The Kier molecular flexibility index (Phi) is 2.97. The minimum absolute atomic E-state index is 0.0562. The fraction of sp³-hybridized carbons (Fsp3) is 0.556. The Hall–Kier alpha value is -1.01. The molecule has 0 bridgehead atoms. The van der Waals surface area contributed by atoms with E-state index in [1.807, 2.05) is 13.8 Å². The summed E-state index contributed by atoms with van der Waals surface area (Å²) in [5.74, 6) is 2.03. The summed E-state index contributed by atoms with van der Waals surface area (Å²) in [6.45, 7) is 3.72. The first-order valence-electron chi connectivity index (χ1n) is 4.73. The zero-order chi connectivity index (χ0) is 10.8. The maximum Gasteiger partial charge on any atom is 0.244 e. The molecule has 1 fully saturated rings. The van der Waals surface area contributed by atoms with Crippen LogP contribution in [0, 0.1) is 13.8 Å². The Balaban J connectivity index is 2.02. The van der Waals surface area contributed by atoms with Crippen molar-refractivity contribution in [3.8, 4) is 0 Å². The van der Waals surface area contributed by atoms with E-state index in [1.165, 1.54) is 0 Å². The fourth-order valence-electron chi connectivity index (χ4n) is 1.29. The predicted molar refractivity (Wildman–Crippen MR) is 58.9 cm³/mol. The first-order chi connectivity index (χ1) is 7.18. The average Bonchev–Trinajstić information content (AvgIpc) is 2.83. The van der Waals surface area contributed by atoms with Gasteiger partial charge < -0.3 is 4.52 Å². The SMILES string of the molecule is Cc1noc(NC(=O)C2CSCN2)c1C. The summed E-state index contributed by atoms with van der Waals surface area (Å²) in [5, 5.41) is 9.60. The van der Waals surface area contributed by atoms with Crippen molar-refractivity contribution < 1.29 is 9.32 Å². The molecule has 1 unspecified atom stereocenters. The lowest BCUT2D eigenvalue weighted by atomic mass is 10.2. The molecule has 1 aromatic rings. The lowest BCUT2D eigenvalue weighted by Gasteiger charge is -2.07. The Morgan fingerprint density at radius 3 is 3.00 bits per heavy atom. The van der Waals surface area contributed by atoms with Gasteiger partial charge in [-0.25, -0.2) is 0 Å². The summed E-state index contributed by atoms with van der Waals surface area (Å²) < 4.78 is 5.01. The summed E-state index contributed by atoms with van der Waals surface area (Å²) in [7, 11) is 0. The molecule has 1 aliphatic heterocycles. The van der Waals surface area contributed by atoms with Crippen LogP contribution >= 0.6 is 11.8 Å². The Morgan fingerprint density at radius 1 is 1.67 bits per heavy atom. The summed E-state index contributed by atoms with van der Waals surface area (Å²) in [5.41, 5.74) is 1.69. The molecule has 0 saturated carbocycles. The van der Waals surface area contributed by atoms with Crippen molar-refractivity contribution in [2.75, 3.05) is 16.9 Å². The van der Waals surface area contributed by atoms with E-state index >= 15 is 0 Å². The van der Waals surface area contributed by atoms with Crippen LogP contribution in [0.4, 0.5) is 5.88 Å². The first-order valence-corrected chi connectivity index (χ1v) is 5.89. The van der Waals surface area contributed by atoms with Gasteiger partial charge in [0.15, 0.2) is 0 Å². The highest BCUT2D eigenvalue weighted by Crippen LogP contribution is 2.18. The normalized spacial score (nSPS) is 20.5. The number of aryl methyl sites for hydroxylation is 1. The molecule has 1 saturated heterocycles. The Bertz CT molecular complexity index is 371. The number of nitrogens with zero attached hydrogens (tertiary/aromatic N) is 1. The van der Waals surface area contributed by atoms with Crippen LogP contribution in [0.5, 0.6) is 0 Å². The molecule has 0 radical (unpaired) electrons. The predicted octanol–water partition coefficient (Wildman–Crippen LogP) is 0.892. The number of carbonyl (C=O) groups excluding carboxylic acids is 1. The number of carbonyl (C=O) groups is 1. The molecule has 6 heteroatoms. The van der Waals surface area contributed by atoms with Crippen LogP contribution in [0.25, 0.3) is 0 Å². The number of thioether (sulfide) groups is 1. The van der Waals surface area contributed by atoms with Crippen molar-refractivity contribution in [2.24, 2.45) is 0 Å². The molecule has 0 spiro atoms. The molecule has 1 atom stereocenters. The largest absolute Gasteiger partial charge is 0.338 e. The number of rotatable bonds is 2. The zero-order valence-corrected chi connectivity index (χ0v) is 9.48. The topological polar surface area (TPSA) is 67.2 Å². The average molecular weight is 227 g/mol. The monoisotopic (exact) mass is 227 g/mol. The van der Waals surface area contributed by atoms with E-state index < -0.39 is 0 Å². The van der Waals surface area contributed by atoms with E-state index in [4.69, 9.17) is 4.52 Å². The number of nitrogens with one attached hydrogen (secondary N) is 2.